The number of ether oxygens (including phenoxy) is 2. The highest BCUT2D eigenvalue weighted by atomic mass is 16.6. The molecule has 0 N–H and O–H groups in total. The fourth-order valence-corrected chi connectivity index (χ4v) is 5.80. The predicted molar refractivity (Wildman–Crippen MR) is 104 cm³/mol. The molecule has 0 amide bonds. The lowest BCUT2D eigenvalue weighted by Gasteiger charge is -2.42. The Hall–Kier alpha value is -2.76. The molecular weight excluding hydrogens is 368 g/mol. The van der Waals surface area contributed by atoms with Crippen LogP contribution in [0.3, 0.4) is 0 Å². The van der Waals surface area contributed by atoms with Crippen LogP contribution < -0.4 is 0 Å². The van der Waals surface area contributed by atoms with E-state index in [1.165, 1.54) is 25.7 Å². The van der Waals surface area contributed by atoms with Gasteiger partial charge in [-0.05, 0) is 55.4 Å². The molecule has 3 aliphatic rings. The Morgan fingerprint density at radius 2 is 1.21 bits per heavy atom. The lowest BCUT2D eigenvalue weighted by Crippen LogP contribution is -2.47. The Labute approximate surface area is 169 Å². The summed E-state index contributed by atoms with van der Waals surface area (Å²) in [6.07, 6.45) is 8.07. The van der Waals surface area contributed by atoms with Crippen LogP contribution in [0.15, 0.2) is 48.8 Å². The molecule has 3 aliphatic carbocycles. The van der Waals surface area contributed by atoms with E-state index in [2.05, 4.69) is 9.97 Å². The summed E-state index contributed by atoms with van der Waals surface area (Å²) in [5, 5.41) is 0. The third kappa shape index (κ3) is 3.30. The lowest BCUT2D eigenvalue weighted by atomic mass is 9.69. The number of aromatic nitrogens is 2. The molecule has 6 heteroatoms. The maximum Gasteiger partial charge on any atom is 0.357 e. The first-order valence-electron chi connectivity index (χ1n) is 10.5. The van der Waals surface area contributed by atoms with Gasteiger partial charge in [0.1, 0.15) is 23.6 Å². The summed E-state index contributed by atoms with van der Waals surface area (Å²) < 4.78 is 11.9. The normalized spacial score (nSPS) is 32.4. The Morgan fingerprint density at radius 3 is 1.62 bits per heavy atom. The van der Waals surface area contributed by atoms with Crippen LogP contribution in [-0.2, 0) is 9.47 Å². The maximum atomic E-state index is 12.7. The molecule has 29 heavy (non-hydrogen) atoms. The second kappa shape index (κ2) is 7.58. The Balaban J connectivity index is 1.39. The van der Waals surface area contributed by atoms with E-state index in [1.807, 2.05) is 0 Å². The van der Waals surface area contributed by atoms with E-state index >= 15 is 0 Å². The van der Waals surface area contributed by atoms with Gasteiger partial charge in [0.25, 0.3) is 0 Å². The van der Waals surface area contributed by atoms with Crippen molar-refractivity contribution >= 4 is 11.9 Å². The molecule has 0 spiro atoms. The summed E-state index contributed by atoms with van der Waals surface area (Å²) in [7, 11) is 0. The van der Waals surface area contributed by atoms with Gasteiger partial charge in [0.05, 0.1) is 0 Å². The van der Waals surface area contributed by atoms with Gasteiger partial charge in [0.15, 0.2) is 0 Å². The third-order valence-corrected chi connectivity index (χ3v) is 6.92. The summed E-state index contributed by atoms with van der Waals surface area (Å²) in [5.41, 5.74) is 0.565. The van der Waals surface area contributed by atoms with Crippen molar-refractivity contribution in [1.29, 1.82) is 0 Å². The molecule has 2 bridgehead atoms. The molecule has 3 fully saturated rings. The van der Waals surface area contributed by atoms with Crippen molar-refractivity contribution in [2.24, 2.45) is 23.7 Å². The predicted octanol–water partition coefficient (Wildman–Crippen LogP) is 3.68. The zero-order valence-corrected chi connectivity index (χ0v) is 16.1. The highest BCUT2D eigenvalue weighted by molar-refractivity contribution is 5.88. The van der Waals surface area contributed by atoms with E-state index < -0.39 is 24.1 Å². The number of hydrogen-bond acceptors (Lipinski definition) is 6. The molecular formula is C23H24N2O4. The quantitative estimate of drug-likeness (QED) is 0.739. The van der Waals surface area contributed by atoms with Crippen LogP contribution >= 0.6 is 0 Å². The van der Waals surface area contributed by atoms with Crippen LogP contribution in [0.25, 0.3) is 0 Å². The van der Waals surface area contributed by atoms with Crippen molar-refractivity contribution in [2.45, 2.75) is 44.3 Å². The van der Waals surface area contributed by atoms with Crippen LogP contribution in [0, 0.1) is 23.7 Å². The van der Waals surface area contributed by atoms with Crippen molar-refractivity contribution in [3.8, 4) is 0 Å². The summed E-state index contributed by atoms with van der Waals surface area (Å²) in [5.74, 6) is 0.711. The molecule has 6 atom stereocenters. The summed E-state index contributed by atoms with van der Waals surface area (Å²) in [6.45, 7) is 0. The van der Waals surface area contributed by atoms with Crippen molar-refractivity contribution in [2.75, 3.05) is 0 Å². The smallest absolute Gasteiger partial charge is 0.357 e. The lowest BCUT2D eigenvalue weighted by molar-refractivity contribution is -0.0876. The second-order valence-corrected chi connectivity index (χ2v) is 8.35. The maximum absolute atomic E-state index is 12.7. The van der Waals surface area contributed by atoms with Crippen LogP contribution in [0.1, 0.15) is 53.1 Å². The highest BCUT2D eigenvalue weighted by Crippen LogP contribution is 2.59. The minimum Gasteiger partial charge on any atom is -0.453 e. The second-order valence-electron chi connectivity index (χ2n) is 8.35. The zero-order valence-electron chi connectivity index (χ0n) is 16.1. The minimum atomic E-state index is -0.450. The van der Waals surface area contributed by atoms with Crippen LogP contribution in [0.5, 0.6) is 0 Å². The van der Waals surface area contributed by atoms with E-state index in [-0.39, 0.29) is 23.2 Å². The third-order valence-electron chi connectivity index (χ3n) is 6.92. The van der Waals surface area contributed by atoms with Gasteiger partial charge in [-0.1, -0.05) is 25.0 Å². The van der Waals surface area contributed by atoms with E-state index in [1.54, 1.807) is 48.8 Å². The van der Waals surface area contributed by atoms with Crippen LogP contribution in [0.2, 0.25) is 0 Å². The average Bonchev–Trinajstić information content (AvgIpc) is 3.32. The molecule has 5 rings (SSSR count). The summed E-state index contributed by atoms with van der Waals surface area (Å²) in [4.78, 5) is 33.6. The molecule has 0 saturated heterocycles. The summed E-state index contributed by atoms with van der Waals surface area (Å²) >= 11 is 0. The van der Waals surface area contributed by atoms with E-state index in [9.17, 15) is 9.59 Å². The molecule has 2 heterocycles. The van der Waals surface area contributed by atoms with Crippen molar-refractivity contribution < 1.29 is 19.1 Å². The SMILES string of the molecule is O=C(OC1C2CC(C3CCCCC32)C1OC(=O)c1ccccn1)c1ccccn1. The number of pyridine rings is 2. The number of carbonyl (C=O) groups excluding carboxylic acids is 2. The topological polar surface area (TPSA) is 78.4 Å². The van der Waals surface area contributed by atoms with E-state index in [0.29, 0.717) is 11.8 Å². The van der Waals surface area contributed by atoms with Crippen molar-refractivity contribution in [3.63, 3.8) is 0 Å². The highest BCUT2D eigenvalue weighted by Gasteiger charge is 2.61. The summed E-state index contributed by atoms with van der Waals surface area (Å²) in [6, 6.07) is 10.3. The molecule has 0 radical (unpaired) electrons. The Kier molecular flexibility index (Phi) is 4.78. The van der Waals surface area contributed by atoms with Gasteiger partial charge in [-0.25, -0.2) is 19.6 Å². The standard InChI is InChI=1S/C23H24N2O4/c26-22(18-9-3-5-11-24-18)28-20-16-13-17(15-8-2-1-7-14(15)16)21(20)29-23(27)19-10-4-6-12-25-19/h3-6,9-12,14-17,20-21H,1-2,7-8,13H2. The van der Waals surface area contributed by atoms with Crippen molar-refractivity contribution in [3.05, 3.63) is 60.2 Å². The number of carbonyl (C=O) groups is 2. The number of hydrogen-bond donors (Lipinski definition) is 0. The molecule has 0 aromatic carbocycles. The number of fused-ring (bicyclic) bond motifs is 5. The molecule has 6 unspecified atom stereocenters. The van der Waals surface area contributed by atoms with Crippen LogP contribution in [-0.4, -0.2) is 34.1 Å². The number of esters is 2. The molecule has 2 aromatic heterocycles. The van der Waals surface area contributed by atoms with E-state index in [4.69, 9.17) is 9.47 Å². The first-order chi connectivity index (χ1) is 14.2. The van der Waals surface area contributed by atoms with Gasteiger partial charge in [0.2, 0.25) is 0 Å². The van der Waals surface area contributed by atoms with Gasteiger partial charge in [0, 0.05) is 24.2 Å². The number of rotatable bonds is 4. The largest absolute Gasteiger partial charge is 0.453 e. The molecule has 3 saturated carbocycles. The minimum absolute atomic E-state index is 0.250. The van der Waals surface area contributed by atoms with Gasteiger partial charge in [-0.15, -0.1) is 0 Å². The molecule has 150 valence electrons. The molecule has 0 aliphatic heterocycles. The first kappa shape index (κ1) is 18.3. The average molecular weight is 392 g/mol. The fourth-order valence-electron chi connectivity index (χ4n) is 5.80. The van der Waals surface area contributed by atoms with Gasteiger partial charge in [-0.2, -0.15) is 0 Å². The molecule has 6 nitrogen and oxygen atoms in total. The number of nitrogens with zero attached hydrogens (tertiary/aromatic N) is 2. The van der Waals surface area contributed by atoms with Crippen LogP contribution in [0.4, 0.5) is 0 Å². The van der Waals surface area contributed by atoms with Gasteiger partial charge in [-0.3, -0.25) is 0 Å². The monoisotopic (exact) mass is 392 g/mol. The molecule has 2 aromatic rings. The van der Waals surface area contributed by atoms with Crippen molar-refractivity contribution in [1.82, 2.24) is 9.97 Å². The Bertz CT molecular complexity index is 815. The zero-order chi connectivity index (χ0) is 19.8. The van der Waals surface area contributed by atoms with Gasteiger partial charge >= 0.3 is 11.9 Å². The van der Waals surface area contributed by atoms with E-state index in [0.717, 1.165) is 6.42 Å². The van der Waals surface area contributed by atoms with Gasteiger partial charge < -0.3 is 9.47 Å². The fraction of sp³-hybridized carbons (Fsp3) is 0.478. The first-order valence-corrected chi connectivity index (χ1v) is 10.5. The Morgan fingerprint density at radius 1 is 0.724 bits per heavy atom.